The molecule has 1 atom stereocenters. The molecule has 4 nitrogen and oxygen atoms in total. The number of carbonyl (C=O) groups excluding carboxylic acids is 1. The fourth-order valence-electron chi connectivity index (χ4n) is 2.05. The van der Waals surface area contributed by atoms with Crippen LogP contribution in [0.2, 0.25) is 5.02 Å². The van der Waals surface area contributed by atoms with Gasteiger partial charge < -0.3 is 0 Å². The van der Waals surface area contributed by atoms with Crippen molar-refractivity contribution in [2.75, 3.05) is 0 Å². The molecule has 23 heavy (non-hydrogen) atoms. The van der Waals surface area contributed by atoms with Crippen LogP contribution in [0.3, 0.4) is 0 Å². The quantitative estimate of drug-likeness (QED) is 0.642. The highest BCUT2D eigenvalue weighted by atomic mass is 35.5. The van der Waals surface area contributed by atoms with Gasteiger partial charge in [0.05, 0.1) is 10.9 Å². The molecule has 2 rings (SSSR count). The van der Waals surface area contributed by atoms with Crippen LogP contribution in [0.25, 0.3) is 0 Å². The lowest BCUT2D eigenvalue weighted by molar-refractivity contribution is -0.105. The minimum Gasteiger partial charge on any atom is -0.298 e. The number of hydrogen-bond donors (Lipinski definition) is 1. The number of sulfonamides is 1. The van der Waals surface area contributed by atoms with Crippen LogP contribution >= 0.6 is 11.6 Å². The van der Waals surface area contributed by atoms with Crippen LogP contribution in [0.1, 0.15) is 17.2 Å². The van der Waals surface area contributed by atoms with Crippen molar-refractivity contribution in [1.29, 1.82) is 0 Å². The van der Waals surface area contributed by atoms with Crippen LogP contribution in [0.15, 0.2) is 65.6 Å². The van der Waals surface area contributed by atoms with Crippen molar-refractivity contribution in [2.45, 2.75) is 17.9 Å². The van der Waals surface area contributed by atoms with Gasteiger partial charge in [0.15, 0.2) is 0 Å². The smallest absolute Gasteiger partial charge is 0.241 e. The van der Waals surface area contributed by atoms with E-state index in [4.69, 9.17) is 11.6 Å². The summed E-state index contributed by atoms with van der Waals surface area (Å²) in [7, 11) is -3.81. The zero-order valence-corrected chi connectivity index (χ0v) is 14.1. The Bertz CT molecular complexity index is 829. The van der Waals surface area contributed by atoms with Crippen LogP contribution < -0.4 is 4.72 Å². The van der Waals surface area contributed by atoms with E-state index in [1.165, 1.54) is 12.1 Å². The van der Waals surface area contributed by atoms with Crippen LogP contribution in [0.4, 0.5) is 0 Å². The Balaban J connectivity index is 2.39. The molecule has 0 radical (unpaired) electrons. The molecule has 0 bridgehead atoms. The first-order valence-corrected chi connectivity index (χ1v) is 8.68. The Morgan fingerprint density at radius 2 is 1.87 bits per heavy atom. The van der Waals surface area contributed by atoms with Crippen molar-refractivity contribution in [3.05, 3.63) is 76.8 Å². The second kappa shape index (κ2) is 7.08. The monoisotopic (exact) mass is 349 g/mol. The molecule has 0 aliphatic heterocycles. The first-order chi connectivity index (χ1) is 10.8. The maximum absolute atomic E-state index is 12.5. The van der Waals surface area contributed by atoms with E-state index >= 15 is 0 Å². The zero-order valence-electron chi connectivity index (χ0n) is 12.5. The lowest BCUT2D eigenvalue weighted by atomic mass is 10.0. The van der Waals surface area contributed by atoms with Crippen LogP contribution in [0, 0.1) is 6.92 Å². The fraction of sp³-hybridized carbons (Fsp3) is 0.118. The molecular weight excluding hydrogens is 334 g/mol. The molecule has 0 saturated carbocycles. The van der Waals surface area contributed by atoms with Gasteiger partial charge in [0, 0.05) is 10.6 Å². The lowest BCUT2D eigenvalue weighted by Gasteiger charge is -2.19. The lowest BCUT2D eigenvalue weighted by Crippen LogP contribution is -2.30. The number of benzene rings is 2. The van der Waals surface area contributed by atoms with E-state index in [1.54, 1.807) is 36.4 Å². The number of aryl methyl sites for hydroxylation is 1. The highest BCUT2D eigenvalue weighted by Gasteiger charge is 2.23. The van der Waals surface area contributed by atoms with Crippen LogP contribution in [-0.4, -0.2) is 14.7 Å². The van der Waals surface area contributed by atoms with Gasteiger partial charge in [-0.05, 0) is 36.8 Å². The van der Waals surface area contributed by atoms with Gasteiger partial charge in [-0.3, -0.25) is 4.79 Å². The molecule has 0 amide bonds. The molecule has 0 aromatic heterocycles. The number of halogens is 1. The Morgan fingerprint density at radius 1 is 1.22 bits per heavy atom. The maximum atomic E-state index is 12.5. The Labute approximate surface area is 140 Å². The number of aldehydes is 1. The number of nitrogens with one attached hydrogen (secondary N) is 1. The largest absolute Gasteiger partial charge is 0.298 e. The Morgan fingerprint density at radius 3 is 2.43 bits per heavy atom. The Kier molecular flexibility index (Phi) is 5.36. The van der Waals surface area contributed by atoms with E-state index in [1.807, 2.05) is 6.92 Å². The minimum atomic E-state index is -3.81. The third-order valence-corrected chi connectivity index (χ3v) is 4.98. The number of carbonyl (C=O) groups is 1. The maximum Gasteiger partial charge on any atom is 0.241 e. The zero-order chi connectivity index (χ0) is 17.0. The van der Waals surface area contributed by atoms with Gasteiger partial charge in [0.2, 0.25) is 10.0 Å². The first-order valence-electron chi connectivity index (χ1n) is 6.82. The molecule has 0 aliphatic carbocycles. The van der Waals surface area contributed by atoms with Crippen molar-refractivity contribution in [3.63, 3.8) is 0 Å². The van der Waals surface area contributed by atoms with E-state index < -0.39 is 16.1 Å². The van der Waals surface area contributed by atoms with Crippen molar-refractivity contribution < 1.29 is 13.2 Å². The fourth-order valence-corrected chi connectivity index (χ4v) is 3.48. The molecule has 2 aromatic carbocycles. The third kappa shape index (κ3) is 4.28. The van der Waals surface area contributed by atoms with Gasteiger partial charge >= 0.3 is 0 Å². The van der Waals surface area contributed by atoms with E-state index in [0.717, 1.165) is 5.56 Å². The van der Waals surface area contributed by atoms with Crippen LogP contribution in [0.5, 0.6) is 0 Å². The van der Waals surface area contributed by atoms with Crippen molar-refractivity contribution >= 4 is 27.9 Å². The molecule has 120 valence electrons. The SMILES string of the molecule is C=C(C=O)[C@H](NS(=O)(=O)c1ccc(C)cc1)c1cccc(Cl)c1. The predicted molar refractivity (Wildman–Crippen MR) is 90.9 cm³/mol. The van der Waals surface area contributed by atoms with Crippen LogP contribution in [-0.2, 0) is 14.8 Å². The van der Waals surface area contributed by atoms with Crippen molar-refractivity contribution in [2.24, 2.45) is 0 Å². The highest BCUT2D eigenvalue weighted by molar-refractivity contribution is 7.89. The molecule has 0 heterocycles. The second-order valence-electron chi connectivity index (χ2n) is 5.12. The average molecular weight is 350 g/mol. The summed E-state index contributed by atoms with van der Waals surface area (Å²) in [5.74, 6) is 0. The topological polar surface area (TPSA) is 63.2 Å². The summed E-state index contributed by atoms with van der Waals surface area (Å²) in [6, 6.07) is 12.2. The predicted octanol–water partition coefficient (Wildman–Crippen LogP) is 3.42. The molecule has 0 unspecified atom stereocenters. The molecule has 0 saturated heterocycles. The molecule has 0 aliphatic rings. The van der Waals surface area contributed by atoms with Gasteiger partial charge in [0.1, 0.15) is 6.29 Å². The van der Waals surface area contributed by atoms with E-state index in [0.29, 0.717) is 16.9 Å². The first kappa shape index (κ1) is 17.4. The Hall–Kier alpha value is -1.95. The highest BCUT2D eigenvalue weighted by Crippen LogP contribution is 2.24. The summed E-state index contributed by atoms with van der Waals surface area (Å²) >= 11 is 5.95. The van der Waals surface area contributed by atoms with Gasteiger partial charge in [-0.25, -0.2) is 8.42 Å². The van der Waals surface area contributed by atoms with E-state index in [2.05, 4.69) is 11.3 Å². The van der Waals surface area contributed by atoms with Gasteiger partial charge in [-0.1, -0.05) is 48.0 Å². The number of hydrogen-bond acceptors (Lipinski definition) is 3. The second-order valence-corrected chi connectivity index (χ2v) is 7.27. The molecule has 1 N–H and O–H groups in total. The summed E-state index contributed by atoms with van der Waals surface area (Å²) in [5.41, 5.74) is 1.60. The summed E-state index contributed by atoms with van der Waals surface area (Å²) in [6.07, 6.45) is 0.531. The normalized spacial score (nSPS) is 12.6. The summed E-state index contributed by atoms with van der Waals surface area (Å²) in [5, 5.41) is 0.445. The average Bonchev–Trinajstić information content (AvgIpc) is 2.52. The molecule has 0 spiro atoms. The van der Waals surface area contributed by atoms with Gasteiger partial charge in [-0.2, -0.15) is 4.72 Å². The molecular formula is C17H16ClNO3S. The third-order valence-electron chi connectivity index (χ3n) is 3.31. The number of rotatable bonds is 6. The van der Waals surface area contributed by atoms with E-state index in [-0.39, 0.29) is 10.5 Å². The van der Waals surface area contributed by atoms with Gasteiger partial charge in [0.25, 0.3) is 0 Å². The van der Waals surface area contributed by atoms with Crippen molar-refractivity contribution in [3.8, 4) is 0 Å². The molecule has 2 aromatic rings. The van der Waals surface area contributed by atoms with E-state index in [9.17, 15) is 13.2 Å². The van der Waals surface area contributed by atoms with Gasteiger partial charge in [-0.15, -0.1) is 0 Å². The van der Waals surface area contributed by atoms with Crippen molar-refractivity contribution in [1.82, 2.24) is 4.72 Å². The standard InChI is InChI=1S/C17H16ClNO3S/c1-12-6-8-16(9-7-12)23(21,22)19-17(13(2)11-20)14-4-3-5-15(18)10-14/h3-11,17,19H,2H2,1H3/t17-/m0/s1. The summed E-state index contributed by atoms with van der Waals surface area (Å²) < 4.78 is 27.6. The molecule has 0 fully saturated rings. The minimum absolute atomic E-state index is 0.1000. The summed E-state index contributed by atoms with van der Waals surface area (Å²) in [6.45, 7) is 5.50. The molecule has 6 heteroatoms. The summed E-state index contributed by atoms with van der Waals surface area (Å²) in [4.78, 5) is 11.2.